The average Bonchev–Trinajstić information content (AvgIpc) is 2.73. The van der Waals surface area contributed by atoms with E-state index in [4.69, 9.17) is 0 Å². The van der Waals surface area contributed by atoms with Crippen LogP contribution < -0.4 is 5.32 Å². The van der Waals surface area contributed by atoms with Gasteiger partial charge in [0.15, 0.2) is 0 Å². The van der Waals surface area contributed by atoms with Crippen LogP contribution in [0.2, 0.25) is 0 Å². The van der Waals surface area contributed by atoms with Gasteiger partial charge in [0.25, 0.3) is 5.91 Å². The van der Waals surface area contributed by atoms with E-state index in [0.29, 0.717) is 24.4 Å². The molecule has 0 aliphatic heterocycles. The van der Waals surface area contributed by atoms with Crippen molar-refractivity contribution in [3.8, 4) is 0 Å². The zero-order valence-electron chi connectivity index (χ0n) is 17.5. The maximum absolute atomic E-state index is 12.9. The van der Waals surface area contributed by atoms with Crippen molar-refractivity contribution in [2.45, 2.75) is 37.9 Å². The average molecular weight is 419 g/mol. The van der Waals surface area contributed by atoms with E-state index < -0.39 is 17.6 Å². The Morgan fingerprint density at radius 3 is 2.30 bits per heavy atom. The first-order chi connectivity index (χ1) is 14.3. The molecule has 0 spiro atoms. The molecule has 1 unspecified atom stereocenters. The Kier molecular flexibility index (Phi) is 7.19. The van der Waals surface area contributed by atoms with Gasteiger partial charge in [-0.15, -0.1) is 0 Å². The van der Waals surface area contributed by atoms with Crippen LogP contribution in [0.3, 0.4) is 0 Å². The molecule has 162 valence electrons. The zero-order chi connectivity index (χ0) is 21.7. The molecule has 1 fully saturated rings. The van der Waals surface area contributed by atoms with E-state index in [2.05, 4.69) is 48.6 Å². The predicted octanol–water partition coefficient (Wildman–Crippen LogP) is 5.54. The van der Waals surface area contributed by atoms with Gasteiger partial charge in [-0.3, -0.25) is 4.79 Å². The fourth-order valence-electron chi connectivity index (χ4n) is 4.53. The van der Waals surface area contributed by atoms with Gasteiger partial charge in [-0.1, -0.05) is 36.4 Å². The van der Waals surface area contributed by atoms with Crippen molar-refractivity contribution in [3.63, 3.8) is 0 Å². The third-order valence-electron chi connectivity index (χ3n) is 6.04. The molecular weight excluding hydrogens is 389 g/mol. The summed E-state index contributed by atoms with van der Waals surface area (Å²) in [5, 5.41) is 2.83. The molecule has 3 nitrogen and oxygen atoms in total. The quantitative estimate of drug-likeness (QED) is 0.668. The van der Waals surface area contributed by atoms with E-state index in [-0.39, 0.29) is 5.56 Å². The number of carbonyl (C=O) groups is 1. The van der Waals surface area contributed by atoms with Gasteiger partial charge in [-0.25, -0.2) is 0 Å². The fourth-order valence-corrected chi connectivity index (χ4v) is 4.53. The molecule has 0 heterocycles. The molecular formula is C24H29F3N2O. The lowest BCUT2D eigenvalue weighted by Gasteiger charge is -2.37. The largest absolute Gasteiger partial charge is 0.416 e. The van der Waals surface area contributed by atoms with Crippen molar-refractivity contribution < 1.29 is 18.0 Å². The summed E-state index contributed by atoms with van der Waals surface area (Å²) < 4.78 is 38.6. The van der Waals surface area contributed by atoms with Crippen LogP contribution >= 0.6 is 0 Å². The molecule has 2 aromatic carbocycles. The number of nitrogens with one attached hydrogen (secondary N) is 1. The summed E-state index contributed by atoms with van der Waals surface area (Å²) in [6.07, 6.45) is -0.296. The molecule has 3 rings (SSSR count). The second-order valence-corrected chi connectivity index (χ2v) is 8.39. The minimum atomic E-state index is -4.45. The summed E-state index contributed by atoms with van der Waals surface area (Å²) in [6, 6.07) is 15.5. The number of alkyl halides is 3. The zero-order valence-corrected chi connectivity index (χ0v) is 17.5. The van der Waals surface area contributed by atoms with Gasteiger partial charge in [-0.05, 0) is 75.4 Å². The summed E-state index contributed by atoms with van der Waals surface area (Å²) in [7, 11) is 4.22. The number of nitrogens with zero attached hydrogens (tertiary/aromatic N) is 1. The molecule has 30 heavy (non-hydrogen) atoms. The molecule has 0 bridgehead atoms. The smallest absolute Gasteiger partial charge is 0.352 e. The monoisotopic (exact) mass is 418 g/mol. The third-order valence-corrected chi connectivity index (χ3v) is 6.04. The van der Waals surface area contributed by atoms with Crippen LogP contribution in [0.15, 0.2) is 54.6 Å². The van der Waals surface area contributed by atoms with E-state index in [1.807, 2.05) is 6.07 Å². The maximum Gasteiger partial charge on any atom is 0.416 e. The highest BCUT2D eigenvalue weighted by molar-refractivity contribution is 5.94. The Balaban J connectivity index is 1.53. The molecule has 1 saturated carbocycles. The van der Waals surface area contributed by atoms with E-state index in [9.17, 15) is 18.0 Å². The normalized spacial score (nSPS) is 20.7. The summed E-state index contributed by atoms with van der Waals surface area (Å²) in [6.45, 7) is 0.500. The van der Waals surface area contributed by atoms with E-state index in [1.165, 1.54) is 17.7 Å². The van der Waals surface area contributed by atoms with Gasteiger partial charge >= 0.3 is 6.18 Å². The first-order valence-corrected chi connectivity index (χ1v) is 10.4. The predicted molar refractivity (Wildman–Crippen MR) is 112 cm³/mol. The molecule has 1 aliphatic rings. The van der Waals surface area contributed by atoms with Gasteiger partial charge in [-0.2, -0.15) is 13.2 Å². The maximum atomic E-state index is 12.9. The highest BCUT2D eigenvalue weighted by atomic mass is 19.4. The first-order valence-electron chi connectivity index (χ1n) is 10.4. The van der Waals surface area contributed by atoms with E-state index >= 15 is 0 Å². The van der Waals surface area contributed by atoms with Crippen molar-refractivity contribution in [2.24, 2.45) is 11.8 Å². The lowest BCUT2D eigenvalue weighted by Crippen LogP contribution is -2.34. The third kappa shape index (κ3) is 5.63. The highest BCUT2D eigenvalue weighted by Gasteiger charge is 2.32. The SMILES string of the molecule is CN(C)C(c1ccccc1)C1CCC(CNC(=O)c2cccc(C(F)(F)F)c2)CC1. The van der Waals surface area contributed by atoms with Gasteiger partial charge in [0, 0.05) is 18.2 Å². The summed E-state index contributed by atoms with van der Waals surface area (Å²) in [5.74, 6) is 0.464. The van der Waals surface area contributed by atoms with Gasteiger partial charge in [0.2, 0.25) is 0 Å². The number of hydrogen-bond acceptors (Lipinski definition) is 2. The van der Waals surface area contributed by atoms with Crippen LogP contribution in [0.4, 0.5) is 13.2 Å². The molecule has 0 radical (unpaired) electrons. The minimum absolute atomic E-state index is 0.0512. The fraction of sp³-hybridized carbons (Fsp3) is 0.458. The number of rotatable bonds is 6. The van der Waals surface area contributed by atoms with Crippen LogP contribution in [-0.4, -0.2) is 31.4 Å². The lowest BCUT2D eigenvalue weighted by molar-refractivity contribution is -0.137. The Bertz CT molecular complexity index is 828. The Hall–Kier alpha value is -2.34. The topological polar surface area (TPSA) is 32.3 Å². The number of amides is 1. The molecule has 1 N–H and O–H groups in total. The molecule has 6 heteroatoms. The summed E-state index contributed by atoms with van der Waals surface area (Å²) in [5.41, 5.74) is 0.574. The molecule has 2 aromatic rings. The van der Waals surface area contributed by atoms with Crippen LogP contribution in [0.5, 0.6) is 0 Å². The number of halogens is 3. The molecule has 0 saturated heterocycles. The Morgan fingerprint density at radius 2 is 1.70 bits per heavy atom. The van der Waals surface area contributed by atoms with Crippen LogP contribution in [-0.2, 0) is 6.18 Å². The summed E-state index contributed by atoms with van der Waals surface area (Å²) in [4.78, 5) is 14.6. The molecule has 0 aromatic heterocycles. The lowest BCUT2D eigenvalue weighted by atomic mass is 9.76. The van der Waals surface area contributed by atoms with Crippen molar-refractivity contribution in [2.75, 3.05) is 20.6 Å². The van der Waals surface area contributed by atoms with Gasteiger partial charge < -0.3 is 10.2 Å². The van der Waals surface area contributed by atoms with Gasteiger partial charge in [0.1, 0.15) is 0 Å². The van der Waals surface area contributed by atoms with Crippen molar-refractivity contribution in [3.05, 3.63) is 71.3 Å². The van der Waals surface area contributed by atoms with E-state index in [0.717, 1.165) is 37.8 Å². The van der Waals surface area contributed by atoms with Gasteiger partial charge in [0.05, 0.1) is 5.56 Å². The number of hydrogen-bond donors (Lipinski definition) is 1. The van der Waals surface area contributed by atoms with Crippen LogP contribution in [0.1, 0.15) is 53.2 Å². The van der Waals surface area contributed by atoms with Crippen molar-refractivity contribution in [1.82, 2.24) is 10.2 Å². The van der Waals surface area contributed by atoms with Crippen molar-refractivity contribution in [1.29, 1.82) is 0 Å². The second-order valence-electron chi connectivity index (χ2n) is 8.39. The Morgan fingerprint density at radius 1 is 1.03 bits per heavy atom. The minimum Gasteiger partial charge on any atom is -0.352 e. The van der Waals surface area contributed by atoms with Crippen LogP contribution in [0, 0.1) is 11.8 Å². The van der Waals surface area contributed by atoms with Crippen molar-refractivity contribution >= 4 is 5.91 Å². The standard InChI is InChI=1S/C24H29F3N2O/c1-29(2)22(18-7-4-3-5-8-18)19-13-11-17(12-14-19)16-28-23(30)20-9-6-10-21(15-20)24(25,26)27/h3-10,15,17,19,22H,11-14,16H2,1-2H3,(H,28,30). The first kappa shape index (κ1) is 22.3. The summed E-state index contributed by atoms with van der Waals surface area (Å²) >= 11 is 0. The number of benzene rings is 2. The molecule has 1 aliphatic carbocycles. The highest BCUT2D eigenvalue weighted by Crippen LogP contribution is 2.39. The second kappa shape index (κ2) is 9.65. The molecule has 1 atom stereocenters. The van der Waals surface area contributed by atoms with E-state index in [1.54, 1.807) is 0 Å². The van der Waals surface area contributed by atoms with Crippen LogP contribution in [0.25, 0.3) is 0 Å². The molecule has 1 amide bonds. The Labute approximate surface area is 176 Å². The number of carbonyl (C=O) groups excluding carboxylic acids is 1.